The average Bonchev–Trinajstić information content (AvgIpc) is 2.85. The van der Waals surface area contributed by atoms with Crippen LogP contribution in [0.5, 0.6) is 0 Å². The van der Waals surface area contributed by atoms with Crippen LogP contribution in [0.2, 0.25) is 0 Å². The summed E-state index contributed by atoms with van der Waals surface area (Å²) >= 11 is 0. The van der Waals surface area contributed by atoms with Crippen LogP contribution in [0.4, 0.5) is 10.1 Å². The summed E-state index contributed by atoms with van der Waals surface area (Å²) in [6.07, 6.45) is 4.33. The number of hydrogen-bond donors (Lipinski definition) is 1. The van der Waals surface area contributed by atoms with Crippen LogP contribution in [-0.4, -0.2) is 9.55 Å². The van der Waals surface area contributed by atoms with Gasteiger partial charge in [0.25, 0.3) is 0 Å². The van der Waals surface area contributed by atoms with Crippen LogP contribution in [0.25, 0.3) is 0 Å². The highest BCUT2D eigenvalue weighted by atomic mass is 19.1. The van der Waals surface area contributed by atoms with Crippen LogP contribution < -0.4 is 5.32 Å². The van der Waals surface area contributed by atoms with E-state index in [-0.39, 0.29) is 5.82 Å². The molecular formula is C14H15FN4. The van der Waals surface area contributed by atoms with Gasteiger partial charge in [-0.25, -0.2) is 9.37 Å². The second-order valence-electron chi connectivity index (χ2n) is 4.23. The van der Waals surface area contributed by atoms with Crippen molar-refractivity contribution in [2.45, 2.75) is 25.9 Å². The van der Waals surface area contributed by atoms with E-state index in [1.54, 1.807) is 24.7 Å². The molecule has 5 heteroatoms. The molecule has 2 rings (SSSR count). The third-order valence-corrected chi connectivity index (χ3v) is 2.77. The minimum atomic E-state index is -0.546. The maximum absolute atomic E-state index is 13.1. The Morgan fingerprint density at radius 3 is 3.05 bits per heavy atom. The second kappa shape index (κ2) is 6.01. The molecule has 0 amide bonds. The summed E-state index contributed by atoms with van der Waals surface area (Å²) in [6.45, 7) is 2.86. The summed E-state index contributed by atoms with van der Waals surface area (Å²) in [6, 6.07) is 7.70. The first kappa shape index (κ1) is 13.1. The molecule has 1 heterocycles. The van der Waals surface area contributed by atoms with Crippen molar-refractivity contribution in [2.75, 3.05) is 5.32 Å². The van der Waals surface area contributed by atoms with E-state index in [2.05, 4.69) is 23.3 Å². The van der Waals surface area contributed by atoms with Gasteiger partial charge in [-0.2, -0.15) is 5.26 Å². The predicted molar refractivity (Wildman–Crippen MR) is 70.9 cm³/mol. The summed E-state index contributed by atoms with van der Waals surface area (Å²) < 4.78 is 15.1. The van der Waals surface area contributed by atoms with Crippen molar-refractivity contribution < 1.29 is 4.39 Å². The molecule has 0 bridgehead atoms. The molecule has 1 aromatic heterocycles. The number of benzene rings is 1. The van der Waals surface area contributed by atoms with E-state index in [4.69, 9.17) is 0 Å². The monoisotopic (exact) mass is 258 g/mol. The van der Waals surface area contributed by atoms with Crippen LogP contribution in [0.3, 0.4) is 0 Å². The Morgan fingerprint density at radius 2 is 2.37 bits per heavy atom. The van der Waals surface area contributed by atoms with Crippen molar-refractivity contribution in [3.8, 4) is 6.07 Å². The van der Waals surface area contributed by atoms with E-state index < -0.39 is 6.04 Å². The standard InChI is InChI=1S/C14H15FN4/c1-2-6-19-10-17-9-14(19)13(8-16)18-12-5-3-4-11(15)7-12/h3-5,7,9-10,13,18H,2,6H2,1H3. The highest BCUT2D eigenvalue weighted by Crippen LogP contribution is 2.19. The summed E-state index contributed by atoms with van der Waals surface area (Å²) in [4.78, 5) is 4.07. The molecule has 2 aromatic rings. The van der Waals surface area contributed by atoms with Gasteiger partial charge in [0.15, 0.2) is 6.04 Å². The molecule has 1 aromatic carbocycles. The molecule has 0 aliphatic carbocycles. The zero-order valence-corrected chi connectivity index (χ0v) is 10.7. The summed E-state index contributed by atoms with van der Waals surface area (Å²) in [5, 5.41) is 12.3. The van der Waals surface area contributed by atoms with Crippen LogP contribution in [0.1, 0.15) is 25.1 Å². The lowest BCUT2D eigenvalue weighted by atomic mass is 10.2. The average molecular weight is 258 g/mol. The lowest BCUT2D eigenvalue weighted by Gasteiger charge is -2.15. The Labute approximate surface area is 111 Å². The molecule has 1 N–H and O–H groups in total. The molecule has 98 valence electrons. The van der Waals surface area contributed by atoms with E-state index in [1.807, 2.05) is 4.57 Å². The van der Waals surface area contributed by atoms with Crippen molar-refractivity contribution >= 4 is 5.69 Å². The summed E-state index contributed by atoms with van der Waals surface area (Å²) in [5.74, 6) is -0.330. The molecule has 0 aliphatic rings. The Bertz CT molecular complexity index is 585. The van der Waals surface area contributed by atoms with E-state index in [9.17, 15) is 9.65 Å². The molecule has 0 aliphatic heterocycles. The Kier molecular flexibility index (Phi) is 4.14. The molecule has 0 radical (unpaired) electrons. The first-order chi connectivity index (χ1) is 9.24. The largest absolute Gasteiger partial charge is 0.365 e. The van der Waals surface area contributed by atoms with E-state index in [0.717, 1.165) is 18.7 Å². The van der Waals surface area contributed by atoms with Gasteiger partial charge in [-0.1, -0.05) is 13.0 Å². The van der Waals surface area contributed by atoms with Gasteiger partial charge in [0, 0.05) is 12.2 Å². The van der Waals surface area contributed by atoms with Gasteiger partial charge in [-0.05, 0) is 24.6 Å². The Morgan fingerprint density at radius 1 is 1.53 bits per heavy atom. The van der Waals surface area contributed by atoms with Crippen LogP contribution in [0.15, 0.2) is 36.8 Å². The zero-order chi connectivity index (χ0) is 13.7. The van der Waals surface area contributed by atoms with E-state index in [1.165, 1.54) is 12.1 Å². The number of rotatable bonds is 5. The number of anilines is 1. The van der Waals surface area contributed by atoms with Gasteiger partial charge < -0.3 is 9.88 Å². The maximum atomic E-state index is 13.1. The summed E-state index contributed by atoms with van der Waals surface area (Å²) in [7, 11) is 0. The van der Waals surface area contributed by atoms with Crippen molar-refractivity contribution in [1.29, 1.82) is 5.26 Å². The number of nitrogens with one attached hydrogen (secondary N) is 1. The van der Waals surface area contributed by atoms with Crippen LogP contribution in [0, 0.1) is 17.1 Å². The highest BCUT2D eigenvalue weighted by molar-refractivity contribution is 5.46. The quantitative estimate of drug-likeness (QED) is 0.896. The Balaban J connectivity index is 2.21. The normalized spacial score (nSPS) is 11.8. The van der Waals surface area contributed by atoms with Gasteiger partial charge in [0.05, 0.1) is 24.3 Å². The third kappa shape index (κ3) is 3.10. The molecule has 0 spiro atoms. The minimum absolute atomic E-state index is 0.330. The van der Waals surface area contributed by atoms with Gasteiger partial charge in [0.1, 0.15) is 5.82 Å². The van der Waals surface area contributed by atoms with Crippen LogP contribution >= 0.6 is 0 Å². The van der Waals surface area contributed by atoms with Crippen molar-refractivity contribution in [3.63, 3.8) is 0 Å². The zero-order valence-electron chi connectivity index (χ0n) is 10.7. The van der Waals surface area contributed by atoms with E-state index in [0.29, 0.717) is 5.69 Å². The topological polar surface area (TPSA) is 53.6 Å². The number of aromatic nitrogens is 2. The summed E-state index contributed by atoms with van der Waals surface area (Å²) in [5.41, 5.74) is 1.37. The smallest absolute Gasteiger partial charge is 0.156 e. The van der Waals surface area contributed by atoms with Gasteiger partial charge in [-0.15, -0.1) is 0 Å². The molecule has 0 saturated carbocycles. The lowest BCUT2D eigenvalue weighted by molar-refractivity contribution is 0.626. The first-order valence-electron chi connectivity index (χ1n) is 6.16. The van der Waals surface area contributed by atoms with E-state index >= 15 is 0 Å². The number of nitriles is 1. The fraction of sp³-hybridized carbons (Fsp3) is 0.286. The molecule has 4 nitrogen and oxygen atoms in total. The number of aryl methyl sites for hydroxylation is 1. The van der Waals surface area contributed by atoms with Crippen molar-refractivity contribution in [1.82, 2.24) is 9.55 Å². The van der Waals surface area contributed by atoms with Gasteiger partial charge >= 0.3 is 0 Å². The maximum Gasteiger partial charge on any atom is 0.156 e. The fourth-order valence-electron chi connectivity index (χ4n) is 1.92. The number of nitrogens with zero attached hydrogens (tertiary/aromatic N) is 3. The highest BCUT2D eigenvalue weighted by Gasteiger charge is 2.15. The van der Waals surface area contributed by atoms with Crippen LogP contribution in [-0.2, 0) is 6.54 Å². The second-order valence-corrected chi connectivity index (χ2v) is 4.23. The lowest BCUT2D eigenvalue weighted by Crippen LogP contribution is -2.13. The molecule has 19 heavy (non-hydrogen) atoms. The van der Waals surface area contributed by atoms with Crippen molar-refractivity contribution in [2.24, 2.45) is 0 Å². The SMILES string of the molecule is CCCn1cncc1C(C#N)Nc1cccc(F)c1. The Hall–Kier alpha value is -2.35. The molecule has 1 atom stereocenters. The first-order valence-corrected chi connectivity index (χ1v) is 6.16. The number of hydrogen-bond acceptors (Lipinski definition) is 3. The molecule has 1 unspecified atom stereocenters. The van der Waals surface area contributed by atoms with Gasteiger partial charge in [-0.3, -0.25) is 0 Å². The number of imidazole rings is 1. The molecule has 0 fully saturated rings. The molecule has 0 saturated heterocycles. The van der Waals surface area contributed by atoms with Gasteiger partial charge in [0.2, 0.25) is 0 Å². The molecular weight excluding hydrogens is 243 g/mol. The minimum Gasteiger partial charge on any atom is -0.365 e. The third-order valence-electron chi connectivity index (χ3n) is 2.77. The predicted octanol–water partition coefficient (Wildman–Crippen LogP) is 3.11. The fourth-order valence-corrected chi connectivity index (χ4v) is 1.92. The number of halogens is 1. The van der Waals surface area contributed by atoms with Crippen molar-refractivity contribution in [3.05, 3.63) is 48.3 Å².